The van der Waals surface area contributed by atoms with Crippen molar-refractivity contribution in [3.8, 4) is 29.7 Å². The minimum atomic E-state index is -0.593. The molecule has 0 saturated carbocycles. The van der Waals surface area contributed by atoms with Gasteiger partial charge in [0.05, 0.1) is 11.9 Å². The molecule has 0 radical (unpaired) electrons. The third-order valence-electron chi connectivity index (χ3n) is 3.55. The van der Waals surface area contributed by atoms with Gasteiger partial charge in [0.1, 0.15) is 17.4 Å². The number of hydrogen-bond acceptors (Lipinski definition) is 5. The fraction of sp³-hybridized carbons (Fsp3) is 0. The van der Waals surface area contributed by atoms with E-state index in [0.717, 1.165) is 0 Å². The van der Waals surface area contributed by atoms with Crippen LogP contribution in [0.5, 0.6) is 0 Å². The second kappa shape index (κ2) is 7.77. The Hall–Kier alpha value is -4.23. The third kappa shape index (κ3) is 4.06. The number of halogens is 1. The molecule has 7 heteroatoms. The van der Waals surface area contributed by atoms with Gasteiger partial charge in [0.2, 0.25) is 5.95 Å². The maximum absolute atomic E-state index is 13.5. The van der Waals surface area contributed by atoms with Crippen molar-refractivity contribution in [3.05, 3.63) is 81.4 Å². The van der Waals surface area contributed by atoms with E-state index in [1.807, 2.05) is 12.1 Å². The summed E-state index contributed by atoms with van der Waals surface area (Å²) in [4.78, 5) is 18.8. The van der Waals surface area contributed by atoms with Crippen LogP contribution in [-0.4, -0.2) is 16.2 Å². The molecule has 0 aliphatic carbocycles. The second-order valence-corrected chi connectivity index (χ2v) is 5.40. The van der Waals surface area contributed by atoms with Gasteiger partial charge in [-0.25, -0.2) is 14.8 Å². The first kappa shape index (κ1) is 17.6. The van der Waals surface area contributed by atoms with Crippen molar-refractivity contribution < 1.29 is 4.39 Å². The van der Waals surface area contributed by atoms with Gasteiger partial charge in [0.25, 0.3) is 5.56 Å². The molecule has 0 unspecified atom stereocenters. The van der Waals surface area contributed by atoms with Gasteiger partial charge in [-0.3, -0.25) is 9.78 Å². The van der Waals surface area contributed by atoms with Crippen molar-refractivity contribution >= 4 is 12.2 Å². The van der Waals surface area contributed by atoms with Crippen molar-refractivity contribution in [1.82, 2.24) is 9.97 Å². The quantitative estimate of drug-likeness (QED) is 0.426. The molecule has 0 spiro atoms. The lowest BCUT2D eigenvalue weighted by Crippen LogP contribution is -2.16. The van der Waals surface area contributed by atoms with E-state index in [1.165, 1.54) is 18.3 Å². The molecule has 0 amide bonds. The molecule has 0 aliphatic rings. The van der Waals surface area contributed by atoms with E-state index in [1.54, 1.807) is 30.3 Å². The first-order valence-corrected chi connectivity index (χ1v) is 7.77. The fourth-order valence-electron chi connectivity index (χ4n) is 2.37. The van der Waals surface area contributed by atoms with Crippen LogP contribution in [0, 0.1) is 29.5 Å². The fourth-order valence-corrected chi connectivity index (χ4v) is 2.37. The third-order valence-corrected chi connectivity index (χ3v) is 3.55. The molecule has 0 bridgehead atoms. The number of anilines is 1. The van der Waals surface area contributed by atoms with Crippen LogP contribution in [0.4, 0.5) is 10.3 Å². The van der Waals surface area contributed by atoms with Gasteiger partial charge in [-0.2, -0.15) is 10.4 Å². The van der Waals surface area contributed by atoms with Crippen molar-refractivity contribution in [3.63, 3.8) is 0 Å². The molecule has 3 aromatic rings. The zero-order chi connectivity index (χ0) is 19.2. The Balaban J connectivity index is 1.92. The van der Waals surface area contributed by atoms with Crippen LogP contribution in [0.2, 0.25) is 0 Å². The molecule has 1 heterocycles. The predicted molar refractivity (Wildman–Crippen MR) is 101 cm³/mol. The van der Waals surface area contributed by atoms with E-state index in [2.05, 4.69) is 26.4 Å². The van der Waals surface area contributed by atoms with E-state index in [-0.39, 0.29) is 17.2 Å². The van der Waals surface area contributed by atoms with Gasteiger partial charge in [0.15, 0.2) is 0 Å². The normalized spacial score (nSPS) is 10.3. The largest absolute Gasteiger partial charge is 0.290 e. The average molecular weight is 357 g/mol. The zero-order valence-electron chi connectivity index (χ0n) is 13.9. The summed E-state index contributed by atoms with van der Waals surface area (Å²) in [6, 6.07) is 14.8. The summed E-state index contributed by atoms with van der Waals surface area (Å²) in [6.07, 6.45) is 6.61. The highest BCUT2D eigenvalue weighted by molar-refractivity contribution is 5.80. The topological polar surface area (TPSA) is 93.9 Å². The Bertz CT molecular complexity index is 1150. The second-order valence-electron chi connectivity index (χ2n) is 5.40. The van der Waals surface area contributed by atoms with Crippen LogP contribution in [0.1, 0.15) is 16.7 Å². The summed E-state index contributed by atoms with van der Waals surface area (Å²) >= 11 is 0. The number of nitrogens with one attached hydrogen (secondary N) is 2. The molecular formula is C20H12FN5O. The Kier molecular flexibility index (Phi) is 5.06. The van der Waals surface area contributed by atoms with Crippen LogP contribution in [0.25, 0.3) is 11.3 Å². The molecule has 130 valence electrons. The number of aromatic amines is 1. The number of nitriles is 1. The van der Waals surface area contributed by atoms with Gasteiger partial charge >= 0.3 is 0 Å². The summed E-state index contributed by atoms with van der Waals surface area (Å²) < 4.78 is 13.5. The summed E-state index contributed by atoms with van der Waals surface area (Å²) in [5, 5.41) is 13.2. The summed E-state index contributed by atoms with van der Waals surface area (Å²) in [5.41, 5.74) is 3.56. The average Bonchev–Trinajstić information content (AvgIpc) is 2.68. The Morgan fingerprint density at radius 2 is 2.04 bits per heavy atom. The van der Waals surface area contributed by atoms with E-state index < -0.39 is 11.4 Å². The van der Waals surface area contributed by atoms with Gasteiger partial charge in [-0.15, -0.1) is 6.42 Å². The lowest BCUT2D eigenvalue weighted by Gasteiger charge is -2.06. The molecule has 27 heavy (non-hydrogen) atoms. The monoisotopic (exact) mass is 357 g/mol. The molecule has 0 atom stereocenters. The molecule has 1 aromatic heterocycles. The summed E-state index contributed by atoms with van der Waals surface area (Å²) in [6.45, 7) is 0. The molecule has 3 rings (SSSR count). The SMILES string of the molecule is C#Cc1cc(F)cc(C=NNc2nc(-c3ccccc3)c(C#N)c(=O)[nH]2)c1. The lowest BCUT2D eigenvalue weighted by molar-refractivity contribution is 0.627. The van der Waals surface area contributed by atoms with Gasteiger partial charge < -0.3 is 0 Å². The number of terminal acetylenes is 1. The first-order chi connectivity index (χ1) is 13.1. The summed E-state index contributed by atoms with van der Waals surface area (Å²) in [5.74, 6) is 1.91. The van der Waals surface area contributed by atoms with Crippen LogP contribution >= 0.6 is 0 Å². The summed E-state index contributed by atoms with van der Waals surface area (Å²) in [7, 11) is 0. The van der Waals surface area contributed by atoms with E-state index in [9.17, 15) is 14.4 Å². The number of hydrazone groups is 1. The minimum Gasteiger partial charge on any atom is -0.290 e. The first-order valence-electron chi connectivity index (χ1n) is 7.77. The molecule has 0 saturated heterocycles. The Morgan fingerprint density at radius 1 is 1.26 bits per heavy atom. The Morgan fingerprint density at radius 3 is 2.74 bits per heavy atom. The molecule has 6 nitrogen and oxygen atoms in total. The van der Waals surface area contributed by atoms with E-state index in [4.69, 9.17) is 6.42 Å². The van der Waals surface area contributed by atoms with Gasteiger partial charge in [-0.05, 0) is 23.8 Å². The van der Waals surface area contributed by atoms with Crippen LogP contribution in [-0.2, 0) is 0 Å². The molecule has 2 aromatic carbocycles. The van der Waals surface area contributed by atoms with Crippen LogP contribution < -0.4 is 11.0 Å². The molecule has 0 fully saturated rings. The van der Waals surface area contributed by atoms with Crippen LogP contribution in [0.3, 0.4) is 0 Å². The highest BCUT2D eigenvalue weighted by Gasteiger charge is 2.12. The van der Waals surface area contributed by atoms with Crippen molar-refractivity contribution in [1.29, 1.82) is 5.26 Å². The van der Waals surface area contributed by atoms with Gasteiger partial charge in [-0.1, -0.05) is 36.3 Å². The smallest absolute Gasteiger partial charge is 0.270 e. The van der Waals surface area contributed by atoms with Crippen LogP contribution in [0.15, 0.2) is 58.4 Å². The number of aromatic nitrogens is 2. The van der Waals surface area contributed by atoms with E-state index in [0.29, 0.717) is 16.7 Å². The maximum atomic E-state index is 13.5. The molecule has 2 N–H and O–H groups in total. The number of H-pyrrole nitrogens is 1. The van der Waals surface area contributed by atoms with E-state index >= 15 is 0 Å². The minimum absolute atomic E-state index is 0.0441. The number of nitrogens with zero attached hydrogens (tertiary/aromatic N) is 3. The lowest BCUT2D eigenvalue weighted by atomic mass is 10.1. The highest BCUT2D eigenvalue weighted by Crippen LogP contribution is 2.19. The van der Waals surface area contributed by atoms with Crippen molar-refractivity contribution in [2.45, 2.75) is 0 Å². The Labute approximate surface area is 154 Å². The van der Waals surface area contributed by atoms with Crippen molar-refractivity contribution in [2.24, 2.45) is 5.10 Å². The maximum Gasteiger partial charge on any atom is 0.270 e. The van der Waals surface area contributed by atoms with Gasteiger partial charge in [0, 0.05) is 11.1 Å². The molecular weight excluding hydrogens is 345 g/mol. The standard InChI is InChI=1S/C20H12FN5O/c1-2-13-8-14(10-16(21)9-13)12-23-26-20-24-18(15-6-4-3-5-7-15)17(11-22)19(27)25-20/h1,3-10,12H,(H2,24,25,26,27). The zero-order valence-corrected chi connectivity index (χ0v) is 13.9. The predicted octanol–water partition coefficient (Wildman–Crippen LogP) is 2.87. The molecule has 0 aliphatic heterocycles. The number of rotatable bonds is 4. The van der Waals surface area contributed by atoms with Crippen molar-refractivity contribution in [2.75, 3.05) is 5.43 Å². The number of benzene rings is 2. The highest BCUT2D eigenvalue weighted by atomic mass is 19.1. The number of hydrogen-bond donors (Lipinski definition) is 2.